The third-order valence-electron chi connectivity index (χ3n) is 2.34. The van der Waals surface area contributed by atoms with Gasteiger partial charge in [-0.05, 0) is 34.2 Å². The maximum absolute atomic E-state index is 13.5. The Labute approximate surface area is 113 Å². The van der Waals surface area contributed by atoms with Gasteiger partial charge in [-0.15, -0.1) is 0 Å². The van der Waals surface area contributed by atoms with Crippen LogP contribution in [0.4, 0.5) is 10.2 Å². The summed E-state index contributed by atoms with van der Waals surface area (Å²) in [6.45, 7) is 0. The summed E-state index contributed by atoms with van der Waals surface area (Å²) in [5, 5.41) is 2.98. The molecule has 0 unspecified atom stereocenters. The van der Waals surface area contributed by atoms with Gasteiger partial charge in [-0.3, -0.25) is 0 Å². The molecule has 1 aromatic carbocycles. The van der Waals surface area contributed by atoms with Crippen molar-refractivity contribution in [3.05, 3.63) is 51.2 Å². The predicted octanol–water partition coefficient (Wildman–Crippen LogP) is 2.85. The van der Waals surface area contributed by atoms with Crippen LogP contribution in [0, 0.1) is 9.39 Å². The predicted molar refractivity (Wildman–Crippen MR) is 73.5 cm³/mol. The lowest BCUT2D eigenvalue weighted by molar-refractivity contribution is 0.612. The first-order chi connectivity index (χ1) is 8.20. The highest BCUT2D eigenvalue weighted by Crippen LogP contribution is 2.16. The molecule has 88 valence electrons. The van der Waals surface area contributed by atoms with Crippen molar-refractivity contribution in [1.29, 1.82) is 0 Å². The first-order valence-corrected chi connectivity index (χ1v) is 6.21. The molecule has 3 nitrogen and oxygen atoms in total. The van der Waals surface area contributed by atoms with Crippen molar-refractivity contribution in [2.45, 2.75) is 6.42 Å². The van der Waals surface area contributed by atoms with E-state index in [2.05, 4.69) is 37.9 Å². The first-order valence-electron chi connectivity index (χ1n) is 5.13. The van der Waals surface area contributed by atoms with Gasteiger partial charge < -0.3 is 5.32 Å². The second-order valence-corrected chi connectivity index (χ2v) is 4.66. The molecule has 0 aliphatic heterocycles. The second-order valence-electron chi connectivity index (χ2n) is 3.50. The molecule has 2 aromatic rings. The number of halogens is 2. The highest BCUT2D eigenvalue weighted by atomic mass is 127. The van der Waals surface area contributed by atoms with E-state index in [0.717, 1.165) is 9.39 Å². The minimum absolute atomic E-state index is 0.222. The minimum Gasteiger partial charge on any atom is -0.372 e. The van der Waals surface area contributed by atoms with Crippen LogP contribution < -0.4 is 5.32 Å². The Bertz CT molecular complexity index is 531. The Kier molecular flexibility index (Phi) is 3.88. The van der Waals surface area contributed by atoms with Crippen molar-refractivity contribution in [3.63, 3.8) is 0 Å². The molecule has 1 aromatic heterocycles. The van der Waals surface area contributed by atoms with Crippen LogP contribution in [0.3, 0.4) is 0 Å². The van der Waals surface area contributed by atoms with Crippen molar-refractivity contribution in [1.82, 2.24) is 9.97 Å². The molecule has 1 N–H and O–H groups in total. The Morgan fingerprint density at radius 2 is 2.12 bits per heavy atom. The second kappa shape index (κ2) is 5.39. The monoisotopic (exact) mass is 343 g/mol. The number of hydrogen-bond donors (Lipinski definition) is 1. The van der Waals surface area contributed by atoms with Crippen LogP contribution in [0.1, 0.15) is 11.4 Å². The smallest absolute Gasteiger partial charge is 0.142 e. The van der Waals surface area contributed by atoms with Crippen LogP contribution in [0.2, 0.25) is 0 Å². The zero-order valence-electron chi connectivity index (χ0n) is 9.24. The molecule has 2 rings (SSSR count). The summed E-state index contributed by atoms with van der Waals surface area (Å²) in [5.74, 6) is 1.16. The number of hydrogen-bond acceptors (Lipinski definition) is 3. The Morgan fingerprint density at radius 1 is 1.35 bits per heavy atom. The molecule has 5 heteroatoms. The molecule has 0 bridgehead atoms. The fourth-order valence-corrected chi connectivity index (χ4v) is 2.01. The Morgan fingerprint density at radius 3 is 2.82 bits per heavy atom. The van der Waals surface area contributed by atoms with Crippen LogP contribution in [0.15, 0.2) is 30.5 Å². The third-order valence-corrected chi connectivity index (χ3v) is 3.13. The van der Waals surface area contributed by atoms with Gasteiger partial charge >= 0.3 is 0 Å². The molecule has 0 aliphatic carbocycles. The summed E-state index contributed by atoms with van der Waals surface area (Å²) < 4.78 is 14.4. The van der Waals surface area contributed by atoms with Gasteiger partial charge in [-0.25, -0.2) is 14.4 Å². The fraction of sp³-hybridized carbons (Fsp3) is 0.167. The third kappa shape index (κ3) is 2.91. The Balaban J connectivity index is 2.28. The molecular weight excluding hydrogens is 332 g/mol. The highest BCUT2D eigenvalue weighted by Gasteiger charge is 2.07. The summed E-state index contributed by atoms with van der Waals surface area (Å²) in [4.78, 5) is 8.53. The van der Waals surface area contributed by atoms with Crippen LogP contribution in [-0.2, 0) is 6.42 Å². The van der Waals surface area contributed by atoms with Gasteiger partial charge in [-0.1, -0.05) is 18.2 Å². The van der Waals surface area contributed by atoms with Crippen LogP contribution in [-0.4, -0.2) is 17.0 Å². The molecular formula is C12H11FIN3. The Hall–Kier alpha value is -1.24. The number of anilines is 1. The normalized spacial score (nSPS) is 10.3. The largest absolute Gasteiger partial charge is 0.372 e. The van der Waals surface area contributed by atoms with Gasteiger partial charge in [0.05, 0.1) is 3.57 Å². The molecule has 0 saturated heterocycles. The average Bonchev–Trinajstić information content (AvgIpc) is 2.34. The molecule has 0 atom stereocenters. The molecule has 0 saturated carbocycles. The summed E-state index contributed by atoms with van der Waals surface area (Å²) in [6.07, 6.45) is 2.13. The first kappa shape index (κ1) is 12.2. The SMILES string of the molecule is CNc1nc(Cc2ccccc2F)ncc1I. The number of rotatable bonds is 3. The molecule has 0 aliphatic rings. The van der Waals surface area contributed by atoms with Crippen molar-refractivity contribution in [3.8, 4) is 0 Å². The minimum atomic E-state index is -0.222. The van der Waals surface area contributed by atoms with Crippen LogP contribution >= 0.6 is 22.6 Å². The van der Waals surface area contributed by atoms with Crippen molar-refractivity contribution < 1.29 is 4.39 Å². The maximum atomic E-state index is 13.5. The van der Waals surface area contributed by atoms with E-state index in [1.165, 1.54) is 6.07 Å². The van der Waals surface area contributed by atoms with E-state index >= 15 is 0 Å². The summed E-state index contributed by atoms with van der Waals surface area (Å²) >= 11 is 2.15. The average molecular weight is 343 g/mol. The fourth-order valence-electron chi connectivity index (χ4n) is 1.48. The molecule has 1 heterocycles. The van der Waals surface area contributed by atoms with Gasteiger partial charge in [0, 0.05) is 19.7 Å². The quantitative estimate of drug-likeness (QED) is 0.871. The number of nitrogens with zero attached hydrogens (tertiary/aromatic N) is 2. The van der Waals surface area contributed by atoms with E-state index in [1.807, 2.05) is 6.07 Å². The lowest BCUT2D eigenvalue weighted by atomic mass is 10.1. The van der Waals surface area contributed by atoms with Crippen molar-refractivity contribution >= 4 is 28.4 Å². The molecule has 0 radical (unpaired) electrons. The van der Waals surface area contributed by atoms with Gasteiger partial charge in [0.25, 0.3) is 0 Å². The van der Waals surface area contributed by atoms with E-state index in [1.54, 1.807) is 25.4 Å². The zero-order valence-corrected chi connectivity index (χ0v) is 11.4. The van der Waals surface area contributed by atoms with Crippen molar-refractivity contribution in [2.24, 2.45) is 0 Å². The maximum Gasteiger partial charge on any atom is 0.142 e. The topological polar surface area (TPSA) is 37.8 Å². The lowest BCUT2D eigenvalue weighted by Crippen LogP contribution is -2.03. The van der Waals surface area contributed by atoms with E-state index in [-0.39, 0.29) is 5.82 Å². The van der Waals surface area contributed by atoms with Gasteiger partial charge in [0.1, 0.15) is 17.5 Å². The number of benzene rings is 1. The van der Waals surface area contributed by atoms with E-state index in [9.17, 15) is 4.39 Å². The highest BCUT2D eigenvalue weighted by molar-refractivity contribution is 14.1. The standard InChI is InChI=1S/C12H11FIN3/c1-15-12-10(14)7-16-11(17-12)6-8-4-2-3-5-9(8)13/h2-5,7H,6H2,1H3,(H,15,16,17). The van der Waals surface area contributed by atoms with Crippen LogP contribution in [0.25, 0.3) is 0 Å². The molecule has 0 amide bonds. The molecule has 0 fully saturated rings. The van der Waals surface area contributed by atoms with E-state index in [4.69, 9.17) is 0 Å². The van der Waals surface area contributed by atoms with Crippen LogP contribution in [0.5, 0.6) is 0 Å². The number of nitrogens with one attached hydrogen (secondary N) is 1. The van der Waals surface area contributed by atoms with Gasteiger partial charge in [0.2, 0.25) is 0 Å². The van der Waals surface area contributed by atoms with E-state index in [0.29, 0.717) is 17.8 Å². The summed E-state index contributed by atoms with van der Waals surface area (Å²) in [7, 11) is 1.80. The molecule has 0 spiro atoms. The van der Waals surface area contributed by atoms with Gasteiger partial charge in [0.15, 0.2) is 0 Å². The van der Waals surface area contributed by atoms with E-state index < -0.39 is 0 Å². The lowest BCUT2D eigenvalue weighted by Gasteiger charge is -2.06. The molecule has 17 heavy (non-hydrogen) atoms. The zero-order chi connectivity index (χ0) is 12.3. The summed E-state index contributed by atoms with van der Waals surface area (Å²) in [6, 6.07) is 6.67. The number of aromatic nitrogens is 2. The van der Waals surface area contributed by atoms with Gasteiger partial charge in [-0.2, -0.15) is 0 Å². The van der Waals surface area contributed by atoms with Crippen molar-refractivity contribution in [2.75, 3.05) is 12.4 Å². The summed E-state index contributed by atoms with van der Waals surface area (Å²) in [5.41, 5.74) is 0.607.